The summed E-state index contributed by atoms with van der Waals surface area (Å²) in [6.45, 7) is 0.236. The number of pyridine rings is 1. The third kappa shape index (κ3) is 1.99. The number of aliphatic hydroxyl groups is 1. The van der Waals surface area contributed by atoms with Crippen molar-refractivity contribution in [1.29, 1.82) is 0 Å². The number of aliphatic hydroxyl groups excluding tert-OH is 1. The van der Waals surface area contributed by atoms with Gasteiger partial charge in [-0.15, -0.1) is 0 Å². The smallest absolute Gasteiger partial charge is 0.252 e. The molecular weight excluding hydrogens is 192 g/mol. The first kappa shape index (κ1) is 9.73. The molecule has 0 fully saturated rings. The molecule has 1 amide bonds. The second kappa shape index (κ2) is 4.14. The molecule has 0 radical (unpaired) electrons. The van der Waals surface area contributed by atoms with Gasteiger partial charge in [-0.3, -0.25) is 4.79 Å². The van der Waals surface area contributed by atoms with Gasteiger partial charge in [0.05, 0.1) is 12.2 Å². The standard InChI is InChI=1S/C11H12N2O2/c14-7-5-12-11(15)9-3-4-10-2-1-6-13(10)8-9/h1-4,6,8,14H,5,7H2,(H,12,15). The predicted octanol–water partition coefficient (Wildman–Crippen LogP) is 0.661. The molecule has 15 heavy (non-hydrogen) atoms. The lowest BCUT2D eigenvalue weighted by Gasteiger charge is -2.03. The van der Waals surface area contributed by atoms with Gasteiger partial charge in [-0.05, 0) is 24.3 Å². The van der Waals surface area contributed by atoms with Crippen LogP contribution in [-0.4, -0.2) is 28.6 Å². The summed E-state index contributed by atoms with van der Waals surface area (Å²) in [4.78, 5) is 11.5. The van der Waals surface area contributed by atoms with Crippen molar-refractivity contribution in [3.8, 4) is 0 Å². The summed E-state index contributed by atoms with van der Waals surface area (Å²) in [5.41, 5.74) is 1.64. The number of nitrogens with one attached hydrogen (secondary N) is 1. The average molecular weight is 204 g/mol. The van der Waals surface area contributed by atoms with Crippen LogP contribution in [-0.2, 0) is 0 Å². The lowest BCUT2D eigenvalue weighted by molar-refractivity contribution is 0.0944. The number of fused-ring (bicyclic) bond motifs is 1. The largest absolute Gasteiger partial charge is 0.395 e. The van der Waals surface area contributed by atoms with Crippen LogP contribution in [0, 0.1) is 0 Å². The number of rotatable bonds is 3. The molecule has 4 nitrogen and oxygen atoms in total. The van der Waals surface area contributed by atoms with Gasteiger partial charge in [0.1, 0.15) is 0 Å². The summed E-state index contributed by atoms with van der Waals surface area (Å²) < 4.78 is 1.88. The summed E-state index contributed by atoms with van der Waals surface area (Å²) in [7, 11) is 0. The number of hydrogen-bond donors (Lipinski definition) is 2. The Kier molecular flexibility index (Phi) is 2.69. The molecule has 2 aromatic heterocycles. The zero-order valence-corrected chi connectivity index (χ0v) is 8.18. The lowest BCUT2D eigenvalue weighted by Crippen LogP contribution is -2.26. The van der Waals surface area contributed by atoms with Crippen LogP contribution in [0.2, 0.25) is 0 Å². The molecule has 0 aliphatic heterocycles. The fourth-order valence-electron chi connectivity index (χ4n) is 1.44. The van der Waals surface area contributed by atoms with Gasteiger partial charge in [0.25, 0.3) is 5.91 Å². The first-order chi connectivity index (χ1) is 7.31. The van der Waals surface area contributed by atoms with Crippen LogP contribution in [0.25, 0.3) is 5.52 Å². The molecule has 0 bridgehead atoms. The van der Waals surface area contributed by atoms with E-state index >= 15 is 0 Å². The molecule has 2 heterocycles. The number of aromatic nitrogens is 1. The molecule has 2 rings (SSSR count). The van der Waals surface area contributed by atoms with E-state index in [1.807, 2.05) is 28.8 Å². The monoisotopic (exact) mass is 204 g/mol. The van der Waals surface area contributed by atoms with Gasteiger partial charge < -0.3 is 14.8 Å². The summed E-state index contributed by atoms with van der Waals surface area (Å²) in [5, 5.41) is 11.2. The van der Waals surface area contributed by atoms with Crippen LogP contribution in [0.5, 0.6) is 0 Å². The van der Waals surface area contributed by atoms with E-state index in [4.69, 9.17) is 5.11 Å². The maximum absolute atomic E-state index is 11.5. The van der Waals surface area contributed by atoms with Crippen LogP contribution in [0.15, 0.2) is 36.7 Å². The summed E-state index contributed by atoms with van der Waals surface area (Å²) in [6, 6.07) is 7.54. The second-order valence-corrected chi connectivity index (χ2v) is 3.24. The Balaban J connectivity index is 2.23. The van der Waals surface area contributed by atoms with Crippen molar-refractivity contribution in [2.75, 3.05) is 13.2 Å². The van der Waals surface area contributed by atoms with E-state index in [1.54, 1.807) is 12.3 Å². The fraction of sp³-hybridized carbons (Fsp3) is 0.182. The predicted molar refractivity (Wildman–Crippen MR) is 56.8 cm³/mol. The maximum Gasteiger partial charge on any atom is 0.252 e. The highest BCUT2D eigenvalue weighted by atomic mass is 16.3. The lowest BCUT2D eigenvalue weighted by atomic mass is 10.2. The van der Waals surface area contributed by atoms with Crippen molar-refractivity contribution in [3.05, 3.63) is 42.2 Å². The Morgan fingerprint density at radius 2 is 2.27 bits per heavy atom. The molecule has 0 aliphatic carbocycles. The fourth-order valence-corrected chi connectivity index (χ4v) is 1.44. The summed E-state index contributed by atoms with van der Waals surface area (Å²) in [6.07, 6.45) is 3.65. The summed E-state index contributed by atoms with van der Waals surface area (Å²) in [5.74, 6) is -0.167. The number of nitrogens with zero attached hydrogens (tertiary/aromatic N) is 1. The van der Waals surface area contributed by atoms with E-state index in [2.05, 4.69) is 5.32 Å². The topological polar surface area (TPSA) is 53.7 Å². The molecule has 0 atom stereocenters. The zero-order chi connectivity index (χ0) is 10.7. The van der Waals surface area contributed by atoms with Gasteiger partial charge in [0, 0.05) is 24.5 Å². The van der Waals surface area contributed by atoms with Crippen molar-refractivity contribution >= 4 is 11.4 Å². The number of carbonyl (C=O) groups is 1. The SMILES string of the molecule is O=C(NCCO)c1ccc2cccn2c1. The Hall–Kier alpha value is -1.81. The van der Waals surface area contributed by atoms with E-state index in [-0.39, 0.29) is 19.1 Å². The zero-order valence-electron chi connectivity index (χ0n) is 8.18. The molecule has 0 spiro atoms. The van der Waals surface area contributed by atoms with Crippen LogP contribution in [0.4, 0.5) is 0 Å². The van der Waals surface area contributed by atoms with Gasteiger partial charge in [0.15, 0.2) is 0 Å². The van der Waals surface area contributed by atoms with E-state index in [0.29, 0.717) is 5.56 Å². The van der Waals surface area contributed by atoms with E-state index in [9.17, 15) is 4.79 Å². The minimum Gasteiger partial charge on any atom is -0.395 e. The van der Waals surface area contributed by atoms with Crippen LogP contribution in [0.3, 0.4) is 0 Å². The molecule has 0 saturated heterocycles. The normalized spacial score (nSPS) is 10.5. The van der Waals surface area contributed by atoms with Gasteiger partial charge in [-0.25, -0.2) is 0 Å². The van der Waals surface area contributed by atoms with Crippen molar-refractivity contribution < 1.29 is 9.90 Å². The first-order valence-corrected chi connectivity index (χ1v) is 4.77. The molecule has 2 aromatic rings. The van der Waals surface area contributed by atoms with Gasteiger partial charge in [0.2, 0.25) is 0 Å². The van der Waals surface area contributed by atoms with Crippen molar-refractivity contribution in [3.63, 3.8) is 0 Å². The molecule has 0 aliphatic rings. The van der Waals surface area contributed by atoms with Crippen molar-refractivity contribution in [1.82, 2.24) is 9.72 Å². The van der Waals surface area contributed by atoms with Gasteiger partial charge >= 0.3 is 0 Å². The number of hydrogen-bond acceptors (Lipinski definition) is 2. The third-order valence-corrected chi connectivity index (χ3v) is 2.18. The highest BCUT2D eigenvalue weighted by Gasteiger charge is 2.04. The van der Waals surface area contributed by atoms with E-state index in [1.165, 1.54) is 0 Å². The average Bonchev–Trinajstić information content (AvgIpc) is 2.72. The number of amides is 1. The van der Waals surface area contributed by atoms with Crippen LogP contribution in [0.1, 0.15) is 10.4 Å². The van der Waals surface area contributed by atoms with E-state index < -0.39 is 0 Å². The Labute approximate surface area is 87.2 Å². The molecule has 0 unspecified atom stereocenters. The third-order valence-electron chi connectivity index (χ3n) is 2.18. The van der Waals surface area contributed by atoms with Gasteiger partial charge in [-0.2, -0.15) is 0 Å². The Morgan fingerprint density at radius 1 is 1.40 bits per heavy atom. The molecular formula is C11H12N2O2. The van der Waals surface area contributed by atoms with Crippen LogP contribution >= 0.6 is 0 Å². The van der Waals surface area contributed by atoms with Crippen LogP contribution < -0.4 is 5.32 Å². The van der Waals surface area contributed by atoms with Crippen molar-refractivity contribution in [2.45, 2.75) is 0 Å². The highest BCUT2D eigenvalue weighted by molar-refractivity contribution is 5.94. The summed E-state index contributed by atoms with van der Waals surface area (Å²) >= 11 is 0. The molecule has 78 valence electrons. The maximum atomic E-state index is 11.5. The van der Waals surface area contributed by atoms with Gasteiger partial charge in [-0.1, -0.05) is 0 Å². The first-order valence-electron chi connectivity index (χ1n) is 4.77. The van der Waals surface area contributed by atoms with E-state index in [0.717, 1.165) is 5.52 Å². The second-order valence-electron chi connectivity index (χ2n) is 3.24. The molecule has 0 saturated carbocycles. The minimum absolute atomic E-state index is 0.0441. The molecule has 0 aromatic carbocycles. The Morgan fingerprint density at radius 3 is 3.07 bits per heavy atom. The Bertz CT molecular complexity index is 476. The van der Waals surface area contributed by atoms with Crippen molar-refractivity contribution in [2.24, 2.45) is 0 Å². The molecule has 4 heteroatoms. The molecule has 2 N–H and O–H groups in total. The minimum atomic E-state index is -0.167. The quantitative estimate of drug-likeness (QED) is 0.771. The number of carbonyl (C=O) groups excluding carboxylic acids is 1. The highest BCUT2D eigenvalue weighted by Crippen LogP contribution is 2.07.